The zero-order valence-corrected chi connectivity index (χ0v) is 9.55. The van der Waals surface area contributed by atoms with Crippen LogP contribution < -0.4 is 0 Å². The van der Waals surface area contributed by atoms with Crippen molar-refractivity contribution >= 4 is 5.78 Å². The monoisotopic (exact) mass is 208 g/mol. The number of carbonyl (C=O) groups excluding carboxylic acids is 1. The maximum absolute atomic E-state index is 12.2. The summed E-state index contributed by atoms with van der Waals surface area (Å²) in [6.07, 6.45) is 9.67. The van der Waals surface area contributed by atoms with E-state index in [1.54, 1.807) is 6.26 Å². The van der Waals surface area contributed by atoms with Crippen LogP contribution in [0.4, 0.5) is 0 Å². The van der Waals surface area contributed by atoms with Crippen molar-refractivity contribution in [3.05, 3.63) is 11.8 Å². The van der Waals surface area contributed by atoms with Crippen LogP contribution in [0.25, 0.3) is 0 Å². The summed E-state index contributed by atoms with van der Waals surface area (Å²) < 4.78 is 5.24. The Morgan fingerprint density at radius 3 is 2.67 bits per heavy atom. The van der Waals surface area contributed by atoms with Crippen LogP contribution in [0, 0.1) is 5.41 Å². The highest BCUT2D eigenvalue weighted by molar-refractivity contribution is 6.02. The summed E-state index contributed by atoms with van der Waals surface area (Å²) in [5.74, 6) is 0.385. The van der Waals surface area contributed by atoms with E-state index in [9.17, 15) is 4.79 Å². The molecule has 0 radical (unpaired) electrons. The molecule has 84 valence electrons. The van der Waals surface area contributed by atoms with E-state index in [1.165, 1.54) is 19.3 Å². The van der Waals surface area contributed by atoms with Crippen molar-refractivity contribution in [2.24, 2.45) is 5.41 Å². The molecule has 1 spiro atoms. The van der Waals surface area contributed by atoms with Gasteiger partial charge in [-0.15, -0.1) is 0 Å². The van der Waals surface area contributed by atoms with E-state index < -0.39 is 0 Å². The van der Waals surface area contributed by atoms with Crippen molar-refractivity contribution in [1.29, 1.82) is 0 Å². The zero-order chi connectivity index (χ0) is 10.7. The predicted molar refractivity (Wildman–Crippen MR) is 59.5 cm³/mol. The lowest BCUT2D eigenvalue weighted by Crippen LogP contribution is -2.28. The second kappa shape index (κ2) is 4.38. The quantitative estimate of drug-likeness (QED) is 0.514. The smallest absolute Gasteiger partial charge is 0.168 e. The number of hydrogen-bond acceptors (Lipinski definition) is 2. The van der Waals surface area contributed by atoms with Crippen LogP contribution in [0.1, 0.15) is 51.9 Å². The molecular weight excluding hydrogens is 188 g/mol. The van der Waals surface area contributed by atoms with Gasteiger partial charge in [-0.25, -0.2) is 0 Å². The lowest BCUT2D eigenvalue weighted by molar-refractivity contribution is -0.124. The Balaban J connectivity index is 2.08. The number of rotatable bonds is 2. The van der Waals surface area contributed by atoms with Gasteiger partial charge in [-0.2, -0.15) is 0 Å². The second-order valence-electron chi connectivity index (χ2n) is 4.77. The highest BCUT2D eigenvalue weighted by Gasteiger charge is 2.45. The fourth-order valence-electron chi connectivity index (χ4n) is 2.94. The molecule has 0 aromatic heterocycles. The molecule has 2 rings (SSSR count). The van der Waals surface area contributed by atoms with Gasteiger partial charge in [0.05, 0.1) is 12.9 Å². The van der Waals surface area contributed by atoms with Crippen LogP contribution in [0.5, 0.6) is 0 Å². The molecule has 0 atom stereocenters. The minimum absolute atomic E-state index is 0.0151. The molecule has 0 aromatic carbocycles. The standard InChI is InChI=1S/C13H20O2/c1-2-15-10-11-6-9-13(12(11)14)7-4-3-5-8-13/h10H,2-9H2,1H3/b11-10+. The maximum Gasteiger partial charge on any atom is 0.168 e. The first-order valence-electron chi connectivity index (χ1n) is 6.14. The highest BCUT2D eigenvalue weighted by atomic mass is 16.5. The second-order valence-corrected chi connectivity index (χ2v) is 4.77. The lowest BCUT2D eigenvalue weighted by atomic mass is 9.72. The number of carbonyl (C=O) groups is 1. The van der Waals surface area contributed by atoms with Crippen molar-refractivity contribution < 1.29 is 9.53 Å². The molecule has 0 saturated heterocycles. The Kier molecular flexibility index (Phi) is 3.13. The van der Waals surface area contributed by atoms with Gasteiger partial charge in [0.1, 0.15) is 0 Å². The molecule has 0 aliphatic heterocycles. The molecule has 0 unspecified atom stereocenters. The SMILES string of the molecule is CCO/C=C1\CCC2(CCCCC2)C1=O. The van der Waals surface area contributed by atoms with Crippen LogP contribution in [-0.2, 0) is 9.53 Å². The lowest BCUT2D eigenvalue weighted by Gasteiger charge is -2.31. The molecule has 2 saturated carbocycles. The van der Waals surface area contributed by atoms with Gasteiger partial charge in [0.15, 0.2) is 5.78 Å². The third-order valence-corrected chi connectivity index (χ3v) is 3.85. The Hall–Kier alpha value is -0.790. The molecule has 2 aliphatic rings. The van der Waals surface area contributed by atoms with E-state index in [1.807, 2.05) is 6.92 Å². The predicted octanol–water partition coefficient (Wildman–Crippen LogP) is 3.22. The third kappa shape index (κ3) is 1.95. The van der Waals surface area contributed by atoms with Gasteiger partial charge in [0.2, 0.25) is 0 Å². The minimum Gasteiger partial charge on any atom is -0.501 e. The fourth-order valence-corrected chi connectivity index (χ4v) is 2.94. The van der Waals surface area contributed by atoms with E-state index >= 15 is 0 Å². The van der Waals surface area contributed by atoms with Crippen LogP contribution in [-0.4, -0.2) is 12.4 Å². The van der Waals surface area contributed by atoms with E-state index in [0.29, 0.717) is 12.4 Å². The normalized spacial score (nSPS) is 27.5. The summed E-state index contributed by atoms with van der Waals surface area (Å²) >= 11 is 0. The van der Waals surface area contributed by atoms with Crippen molar-refractivity contribution in [1.82, 2.24) is 0 Å². The number of ether oxygens (including phenoxy) is 1. The minimum atomic E-state index is 0.0151. The van der Waals surface area contributed by atoms with Crippen molar-refractivity contribution in [3.8, 4) is 0 Å². The first-order chi connectivity index (χ1) is 7.28. The average Bonchev–Trinajstić information content (AvgIpc) is 2.56. The topological polar surface area (TPSA) is 26.3 Å². The highest BCUT2D eigenvalue weighted by Crippen LogP contribution is 2.48. The van der Waals surface area contributed by atoms with Gasteiger partial charge >= 0.3 is 0 Å². The van der Waals surface area contributed by atoms with Gasteiger partial charge in [0.25, 0.3) is 0 Å². The number of Topliss-reactive ketones (excluding diaryl/α,β-unsaturated/α-hetero) is 1. The molecule has 0 N–H and O–H groups in total. The van der Waals surface area contributed by atoms with Crippen LogP contribution in [0.3, 0.4) is 0 Å². The zero-order valence-electron chi connectivity index (χ0n) is 9.55. The first-order valence-corrected chi connectivity index (χ1v) is 6.14. The largest absolute Gasteiger partial charge is 0.501 e. The van der Waals surface area contributed by atoms with E-state index in [2.05, 4.69) is 0 Å². The molecule has 0 amide bonds. The van der Waals surface area contributed by atoms with E-state index in [0.717, 1.165) is 31.3 Å². The molecule has 0 bridgehead atoms. The number of hydrogen-bond donors (Lipinski definition) is 0. The summed E-state index contributed by atoms with van der Waals surface area (Å²) in [4.78, 5) is 12.2. The summed E-state index contributed by atoms with van der Waals surface area (Å²) in [6, 6.07) is 0. The number of allylic oxidation sites excluding steroid dienone is 1. The van der Waals surface area contributed by atoms with Gasteiger partial charge in [0, 0.05) is 11.0 Å². The fraction of sp³-hybridized carbons (Fsp3) is 0.769. The third-order valence-electron chi connectivity index (χ3n) is 3.85. The Labute approximate surface area is 91.7 Å². The summed E-state index contributed by atoms with van der Waals surface area (Å²) in [6.45, 7) is 2.61. The molecule has 0 aromatic rings. The van der Waals surface area contributed by atoms with Crippen LogP contribution in [0.2, 0.25) is 0 Å². The Bertz CT molecular complexity index is 272. The van der Waals surface area contributed by atoms with Gasteiger partial charge in [-0.3, -0.25) is 4.79 Å². The summed E-state index contributed by atoms with van der Waals surface area (Å²) in [5, 5.41) is 0. The van der Waals surface area contributed by atoms with Crippen molar-refractivity contribution in [2.75, 3.05) is 6.61 Å². The molecular formula is C13H20O2. The molecule has 2 heteroatoms. The van der Waals surface area contributed by atoms with E-state index in [4.69, 9.17) is 4.74 Å². The Morgan fingerprint density at radius 1 is 1.27 bits per heavy atom. The van der Waals surface area contributed by atoms with Crippen LogP contribution >= 0.6 is 0 Å². The van der Waals surface area contributed by atoms with Gasteiger partial charge in [-0.1, -0.05) is 19.3 Å². The van der Waals surface area contributed by atoms with Crippen LogP contribution in [0.15, 0.2) is 11.8 Å². The molecule has 0 heterocycles. The summed E-state index contributed by atoms with van der Waals surface area (Å²) in [5.41, 5.74) is 0.944. The van der Waals surface area contributed by atoms with Crippen molar-refractivity contribution in [2.45, 2.75) is 51.9 Å². The van der Waals surface area contributed by atoms with Gasteiger partial charge < -0.3 is 4.74 Å². The number of ketones is 1. The van der Waals surface area contributed by atoms with Gasteiger partial charge in [-0.05, 0) is 32.6 Å². The first kappa shape index (κ1) is 10.7. The molecule has 15 heavy (non-hydrogen) atoms. The average molecular weight is 208 g/mol. The Morgan fingerprint density at radius 2 is 2.00 bits per heavy atom. The van der Waals surface area contributed by atoms with Crippen molar-refractivity contribution in [3.63, 3.8) is 0 Å². The molecule has 2 aliphatic carbocycles. The molecule has 2 nitrogen and oxygen atoms in total. The molecule has 2 fully saturated rings. The summed E-state index contributed by atoms with van der Waals surface area (Å²) in [7, 11) is 0. The maximum atomic E-state index is 12.2. The van der Waals surface area contributed by atoms with E-state index in [-0.39, 0.29) is 5.41 Å².